The van der Waals surface area contributed by atoms with Crippen LogP contribution in [0.2, 0.25) is 0 Å². The SMILES string of the molecule is CC1=CC=[C+]C=C1. The van der Waals surface area contributed by atoms with E-state index >= 15 is 0 Å². The summed E-state index contributed by atoms with van der Waals surface area (Å²) in [5.41, 5.74) is 1.29. The minimum Gasteiger partial charge on any atom is -0.0143 e. The normalized spacial score (nSPS) is 15.9. The molecular weight excluding hydrogens is 84.1 g/mol. The number of hydrogen-bond donors (Lipinski definition) is 0. The summed E-state index contributed by atoms with van der Waals surface area (Å²) in [5.74, 6) is 0. The van der Waals surface area contributed by atoms with Crippen LogP contribution in [0, 0.1) is 6.08 Å². The monoisotopic (exact) mass is 91.1 g/mol. The quantitative estimate of drug-likeness (QED) is 0.399. The molecule has 0 radical (unpaired) electrons. The molecule has 0 N–H and O–H groups in total. The first-order valence-corrected chi connectivity index (χ1v) is 2.32. The second kappa shape index (κ2) is 1.72. The molecule has 0 aliphatic heterocycles. The molecule has 0 heterocycles. The van der Waals surface area contributed by atoms with Crippen LogP contribution in [0.3, 0.4) is 0 Å². The zero-order chi connectivity index (χ0) is 5.11. The second-order valence-corrected chi connectivity index (χ2v) is 1.58. The third-order valence-electron chi connectivity index (χ3n) is 0.885. The van der Waals surface area contributed by atoms with E-state index in [0.29, 0.717) is 0 Å². The number of allylic oxidation sites excluding steroid dienone is 6. The lowest BCUT2D eigenvalue weighted by Gasteiger charge is -1.78. The fourth-order valence-corrected chi connectivity index (χ4v) is 0.470. The van der Waals surface area contributed by atoms with Crippen molar-refractivity contribution in [1.29, 1.82) is 0 Å². The maximum atomic E-state index is 2.93. The van der Waals surface area contributed by atoms with Crippen molar-refractivity contribution in [3.8, 4) is 0 Å². The van der Waals surface area contributed by atoms with Crippen LogP contribution < -0.4 is 0 Å². The van der Waals surface area contributed by atoms with E-state index in [0.717, 1.165) is 0 Å². The van der Waals surface area contributed by atoms with Gasteiger partial charge in [-0.25, -0.2) is 0 Å². The predicted octanol–water partition coefficient (Wildman–Crippen LogP) is 1.86. The van der Waals surface area contributed by atoms with Gasteiger partial charge in [0, 0.05) is 6.08 Å². The zero-order valence-electron chi connectivity index (χ0n) is 4.31. The topological polar surface area (TPSA) is 0 Å². The summed E-state index contributed by atoms with van der Waals surface area (Å²) < 4.78 is 0. The van der Waals surface area contributed by atoms with E-state index in [2.05, 4.69) is 13.0 Å². The van der Waals surface area contributed by atoms with E-state index in [1.807, 2.05) is 24.3 Å². The van der Waals surface area contributed by atoms with Crippen molar-refractivity contribution in [2.24, 2.45) is 0 Å². The van der Waals surface area contributed by atoms with Crippen molar-refractivity contribution >= 4 is 0 Å². The maximum Gasteiger partial charge on any atom is 0.103 e. The third-order valence-corrected chi connectivity index (χ3v) is 0.885. The minimum absolute atomic E-state index is 1.29. The van der Waals surface area contributed by atoms with Gasteiger partial charge in [0.2, 0.25) is 0 Å². The van der Waals surface area contributed by atoms with Crippen molar-refractivity contribution < 1.29 is 0 Å². The molecule has 0 heteroatoms. The van der Waals surface area contributed by atoms with Crippen molar-refractivity contribution in [2.75, 3.05) is 0 Å². The van der Waals surface area contributed by atoms with Crippen LogP contribution in [0.4, 0.5) is 0 Å². The molecule has 34 valence electrons. The van der Waals surface area contributed by atoms with E-state index in [4.69, 9.17) is 0 Å². The van der Waals surface area contributed by atoms with Gasteiger partial charge in [0.15, 0.2) is 0 Å². The number of hydrogen-bond acceptors (Lipinski definition) is 0. The average molecular weight is 91.1 g/mol. The van der Waals surface area contributed by atoms with Crippen molar-refractivity contribution in [3.63, 3.8) is 0 Å². The van der Waals surface area contributed by atoms with Gasteiger partial charge >= 0.3 is 0 Å². The molecule has 0 aromatic carbocycles. The third kappa shape index (κ3) is 0.989. The summed E-state index contributed by atoms with van der Waals surface area (Å²) in [6, 6.07) is 0. The van der Waals surface area contributed by atoms with Gasteiger partial charge in [-0.05, 0) is 6.92 Å². The summed E-state index contributed by atoms with van der Waals surface area (Å²) in [4.78, 5) is 0. The Kier molecular flexibility index (Phi) is 1.06. The maximum absolute atomic E-state index is 2.93. The molecule has 0 spiro atoms. The van der Waals surface area contributed by atoms with Crippen LogP contribution in [0.15, 0.2) is 29.9 Å². The Hall–Kier alpha value is -0.870. The Labute approximate surface area is 43.9 Å². The van der Waals surface area contributed by atoms with Gasteiger partial charge in [-0.3, -0.25) is 0 Å². The minimum atomic E-state index is 1.29. The summed E-state index contributed by atoms with van der Waals surface area (Å²) in [6.45, 7) is 2.06. The molecule has 7 heavy (non-hydrogen) atoms. The Balaban J connectivity index is 2.82. The second-order valence-electron chi connectivity index (χ2n) is 1.58. The van der Waals surface area contributed by atoms with E-state index in [1.54, 1.807) is 0 Å². The summed E-state index contributed by atoms with van der Waals surface area (Å²) in [5, 5.41) is 0. The fourth-order valence-electron chi connectivity index (χ4n) is 0.470. The van der Waals surface area contributed by atoms with E-state index in [9.17, 15) is 0 Å². The highest BCUT2D eigenvalue weighted by molar-refractivity contribution is 5.27. The van der Waals surface area contributed by atoms with Gasteiger partial charge in [-0.2, -0.15) is 0 Å². The zero-order valence-corrected chi connectivity index (χ0v) is 4.31. The van der Waals surface area contributed by atoms with Crippen LogP contribution in [-0.4, -0.2) is 0 Å². The van der Waals surface area contributed by atoms with Gasteiger partial charge in [0.05, 0.1) is 17.7 Å². The molecular formula is C7H7+. The highest BCUT2D eigenvalue weighted by Crippen LogP contribution is 1.99. The highest BCUT2D eigenvalue weighted by Gasteiger charge is 1.90. The lowest BCUT2D eigenvalue weighted by Crippen LogP contribution is -1.69. The van der Waals surface area contributed by atoms with Crippen molar-refractivity contribution in [1.82, 2.24) is 0 Å². The van der Waals surface area contributed by atoms with Crippen LogP contribution in [0.5, 0.6) is 0 Å². The van der Waals surface area contributed by atoms with Crippen LogP contribution in [0.25, 0.3) is 0 Å². The average Bonchev–Trinajstić information content (AvgIpc) is 1.69. The molecule has 0 aromatic heterocycles. The van der Waals surface area contributed by atoms with Gasteiger partial charge in [-0.15, -0.1) is 0 Å². The first kappa shape index (κ1) is 4.29. The fraction of sp³-hybridized carbons (Fsp3) is 0.143. The Morgan fingerprint density at radius 2 is 2.43 bits per heavy atom. The van der Waals surface area contributed by atoms with Gasteiger partial charge in [0.25, 0.3) is 0 Å². The molecule has 0 unspecified atom stereocenters. The highest BCUT2D eigenvalue weighted by atomic mass is 13.8. The van der Waals surface area contributed by atoms with Gasteiger partial charge in [0.1, 0.15) is 12.2 Å². The molecule has 0 atom stereocenters. The summed E-state index contributed by atoms with van der Waals surface area (Å²) in [7, 11) is 0. The standard InChI is InChI=1S/C7H7/c1-7-5-3-2-4-6-7/h3-6H,1H3/q+1. The number of rotatable bonds is 0. The molecule has 0 saturated carbocycles. The molecule has 0 fully saturated rings. The van der Waals surface area contributed by atoms with Crippen LogP contribution in [-0.2, 0) is 0 Å². The Bertz CT molecular complexity index is 136. The van der Waals surface area contributed by atoms with E-state index in [1.165, 1.54) is 5.57 Å². The van der Waals surface area contributed by atoms with E-state index in [-0.39, 0.29) is 0 Å². The summed E-state index contributed by atoms with van der Waals surface area (Å²) >= 11 is 0. The largest absolute Gasteiger partial charge is 0.103 e. The van der Waals surface area contributed by atoms with Gasteiger partial charge < -0.3 is 0 Å². The first-order chi connectivity index (χ1) is 3.39. The molecule has 0 aromatic rings. The first-order valence-electron chi connectivity index (χ1n) is 2.32. The Morgan fingerprint density at radius 3 is 2.71 bits per heavy atom. The molecule has 1 aliphatic rings. The van der Waals surface area contributed by atoms with Crippen LogP contribution >= 0.6 is 0 Å². The molecule has 0 saturated heterocycles. The van der Waals surface area contributed by atoms with Crippen LogP contribution in [0.1, 0.15) is 6.92 Å². The molecule has 1 rings (SSSR count). The molecule has 0 bridgehead atoms. The lowest BCUT2D eigenvalue weighted by molar-refractivity contribution is 1.49. The smallest absolute Gasteiger partial charge is 0.0143 e. The Morgan fingerprint density at radius 1 is 1.57 bits per heavy atom. The molecule has 0 amide bonds. The van der Waals surface area contributed by atoms with Gasteiger partial charge in [-0.1, -0.05) is 0 Å². The van der Waals surface area contributed by atoms with Crippen molar-refractivity contribution in [3.05, 3.63) is 36.0 Å². The van der Waals surface area contributed by atoms with Crippen molar-refractivity contribution in [2.45, 2.75) is 6.92 Å². The lowest BCUT2D eigenvalue weighted by atomic mass is 10.2. The molecule has 1 aliphatic carbocycles. The van der Waals surface area contributed by atoms with E-state index < -0.39 is 0 Å². The summed E-state index contributed by atoms with van der Waals surface area (Å²) in [6.07, 6.45) is 10.8. The molecule has 0 nitrogen and oxygen atoms in total. The predicted molar refractivity (Wildman–Crippen MR) is 30.7 cm³/mol.